The minimum atomic E-state index is -4.89. The molecule has 1 aromatic carbocycles. The molecule has 0 unspecified atom stereocenters. The van der Waals surface area contributed by atoms with Crippen molar-refractivity contribution in [3.05, 3.63) is 45.7 Å². The molecule has 1 amide bonds. The second-order valence-electron chi connectivity index (χ2n) is 7.69. The number of piperazine rings is 1. The highest BCUT2D eigenvalue weighted by molar-refractivity contribution is 7.12. The number of alkyl halides is 3. The van der Waals surface area contributed by atoms with Gasteiger partial charge in [-0.05, 0) is 30.6 Å². The Hall–Kier alpha value is -3.29. The number of nitrogens with one attached hydrogen (secondary N) is 2. The first-order valence-corrected chi connectivity index (χ1v) is 11.6. The Morgan fingerprint density at radius 1 is 1.17 bits per heavy atom. The number of aromatic nitrogens is 2. The fourth-order valence-electron chi connectivity index (χ4n) is 3.45. The maximum absolute atomic E-state index is 13.2. The first-order valence-electron chi connectivity index (χ1n) is 10.4. The number of anilines is 5. The standard InChI is InChI=1S/C21H21ClF3N7O2S/c1-31-5-7-32(8-6-31)12-2-3-14(16(10-12)34-21(23,24)25)29-20-27-11-13(22)19(30-20)28-15-4-9-35-17(15)18(26)33/h2-4,9-11H,5-8H2,1H3,(H2,26,33)(H2,27,28,29,30). The minimum Gasteiger partial charge on any atom is -0.403 e. The van der Waals surface area contributed by atoms with Crippen LogP contribution in [0.5, 0.6) is 5.75 Å². The van der Waals surface area contributed by atoms with Crippen LogP contribution in [-0.2, 0) is 0 Å². The van der Waals surface area contributed by atoms with E-state index in [2.05, 4.69) is 30.2 Å². The summed E-state index contributed by atoms with van der Waals surface area (Å²) in [7, 11) is 1.99. The average molecular weight is 528 g/mol. The number of amides is 1. The molecule has 4 N–H and O–H groups in total. The molecule has 1 aliphatic heterocycles. The molecule has 3 aromatic rings. The van der Waals surface area contributed by atoms with E-state index in [4.69, 9.17) is 17.3 Å². The first-order chi connectivity index (χ1) is 16.6. The van der Waals surface area contributed by atoms with Gasteiger partial charge in [0.25, 0.3) is 5.91 Å². The number of nitrogens with two attached hydrogens (primary N) is 1. The molecule has 0 spiro atoms. The van der Waals surface area contributed by atoms with Crippen molar-refractivity contribution in [2.75, 3.05) is 48.8 Å². The minimum absolute atomic E-state index is 0.0156. The van der Waals surface area contributed by atoms with Gasteiger partial charge in [0.1, 0.15) is 9.90 Å². The number of hydrogen-bond donors (Lipinski definition) is 3. The van der Waals surface area contributed by atoms with Crippen LogP contribution in [0.2, 0.25) is 5.02 Å². The zero-order valence-corrected chi connectivity index (χ0v) is 20.0. The molecule has 4 rings (SSSR count). The van der Waals surface area contributed by atoms with E-state index < -0.39 is 18.0 Å². The average Bonchev–Trinajstić information content (AvgIpc) is 3.25. The zero-order chi connectivity index (χ0) is 25.2. The lowest BCUT2D eigenvalue weighted by Gasteiger charge is -2.34. The number of hydrogen-bond acceptors (Lipinski definition) is 9. The Bertz CT molecular complexity index is 1220. The van der Waals surface area contributed by atoms with Gasteiger partial charge in [0.2, 0.25) is 5.95 Å². The van der Waals surface area contributed by atoms with Gasteiger partial charge in [0.15, 0.2) is 11.6 Å². The number of halogens is 4. The quantitative estimate of drug-likeness (QED) is 0.414. The Labute approximate surface area is 207 Å². The number of likely N-dealkylation sites (N-methyl/N-ethyl adjacent to an activating group) is 1. The van der Waals surface area contributed by atoms with E-state index in [1.165, 1.54) is 18.3 Å². The molecule has 35 heavy (non-hydrogen) atoms. The van der Waals surface area contributed by atoms with Crippen molar-refractivity contribution in [3.63, 3.8) is 0 Å². The van der Waals surface area contributed by atoms with Crippen LogP contribution in [-0.4, -0.2) is 60.4 Å². The summed E-state index contributed by atoms with van der Waals surface area (Å²) in [6, 6.07) is 6.14. The molecule has 0 radical (unpaired) electrons. The number of benzene rings is 1. The summed E-state index contributed by atoms with van der Waals surface area (Å²) >= 11 is 7.31. The lowest BCUT2D eigenvalue weighted by Crippen LogP contribution is -2.44. The van der Waals surface area contributed by atoms with E-state index in [0.717, 1.165) is 24.4 Å². The molecule has 3 heterocycles. The van der Waals surface area contributed by atoms with Crippen LogP contribution in [0.25, 0.3) is 0 Å². The highest BCUT2D eigenvalue weighted by atomic mass is 35.5. The monoisotopic (exact) mass is 527 g/mol. The molecule has 9 nitrogen and oxygen atoms in total. The van der Waals surface area contributed by atoms with Crippen molar-refractivity contribution in [2.45, 2.75) is 6.36 Å². The van der Waals surface area contributed by atoms with Crippen LogP contribution in [0.1, 0.15) is 9.67 Å². The summed E-state index contributed by atoms with van der Waals surface area (Å²) in [5, 5.41) is 7.46. The number of carbonyl (C=O) groups excluding carboxylic acids is 1. The van der Waals surface area contributed by atoms with Crippen LogP contribution < -0.4 is 26.0 Å². The highest BCUT2D eigenvalue weighted by Gasteiger charge is 2.33. The highest BCUT2D eigenvalue weighted by Crippen LogP contribution is 2.36. The molecule has 0 saturated carbocycles. The van der Waals surface area contributed by atoms with Gasteiger partial charge in [-0.3, -0.25) is 4.79 Å². The van der Waals surface area contributed by atoms with Crippen molar-refractivity contribution >= 4 is 57.7 Å². The van der Waals surface area contributed by atoms with Gasteiger partial charge in [-0.1, -0.05) is 11.6 Å². The number of primary amides is 1. The van der Waals surface area contributed by atoms with Crippen molar-refractivity contribution in [1.29, 1.82) is 0 Å². The van der Waals surface area contributed by atoms with Gasteiger partial charge in [0.05, 0.1) is 17.6 Å². The SMILES string of the molecule is CN1CCN(c2ccc(Nc3ncc(Cl)c(Nc4ccsc4C(N)=O)n3)c(OC(F)(F)F)c2)CC1. The third-order valence-corrected chi connectivity index (χ3v) is 6.40. The molecule has 1 fully saturated rings. The fraction of sp³-hybridized carbons (Fsp3) is 0.286. The Morgan fingerprint density at radius 2 is 1.91 bits per heavy atom. The smallest absolute Gasteiger partial charge is 0.403 e. The third-order valence-electron chi connectivity index (χ3n) is 5.19. The Kier molecular flexibility index (Phi) is 7.19. The normalized spacial score (nSPS) is 14.6. The largest absolute Gasteiger partial charge is 0.573 e. The van der Waals surface area contributed by atoms with E-state index in [0.29, 0.717) is 24.5 Å². The summed E-state index contributed by atoms with van der Waals surface area (Å²) < 4.78 is 43.7. The van der Waals surface area contributed by atoms with Gasteiger partial charge < -0.3 is 30.9 Å². The van der Waals surface area contributed by atoms with Crippen LogP contribution in [0.3, 0.4) is 0 Å². The van der Waals surface area contributed by atoms with Crippen molar-refractivity contribution in [1.82, 2.24) is 14.9 Å². The number of nitrogens with zero attached hydrogens (tertiary/aromatic N) is 4. The van der Waals surface area contributed by atoms with Crippen LogP contribution in [0.4, 0.5) is 42.0 Å². The summed E-state index contributed by atoms with van der Waals surface area (Å²) in [6.45, 7) is 2.96. The van der Waals surface area contributed by atoms with E-state index in [1.807, 2.05) is 11.9 Å². The Morgan fingerprint density at radius 3 is 2.60 bits per heavy atom. The number of rotatable bonds is 7. The van der Waals surface area contributed by atoms with Gasteiger partial charge in [-0.2, -0.15) is 4.98 Å². The van der Waals surface area contributed by atoms with Crippen molar-refractivity contribution in [3.8, 4) is 5.75 Å². The van der Waals surface area contributed by atoms with Crippen LogP contribution in [0.15, 0.2) is 35.8 Å². The summed E-state index contributed by atoms with van der Waals surface area (Å²) in [5.41, 5.74) is 6.39. The topological polar surface area (TPSA) is 109 Å². The predicted molar refractivity (Wildman–Crippen MR) is 129 cm³/mol. The molecule has 1 aliphatic rings. The summed E-state index contributed by atoms with van der Waals surface area (Å²) in [4.78, 5) is 24.3. The fourth-order valence-corrected chi connectivity index (χ4v) is 4.29. The van der Waals surface area contributed by atoms with E-state index >= 15 is 0 Å². The third kappa shape index (κ3) is 6.24. The predicted octanol–water partition coefficient (Wildman–Crippen LogP) is 4.43. The van der Waals surface area contributed by atoms with Crippen LogP contribution in [0, 0.1) is 0 Å². The summed E-state index contributed by atoms with van der Waals surface area (Å²) in [5.74, 6) is -0.944. The molecular weight excluding hydrogens is 507 g/mol. The lowest BCUT2D eigenvalue weighted by molar-refractivity contribution is -0.274. The van der Waals surface area contributed by atoms with Crippen molar-refractivity contribution in [2.24, 2.45) is 5.73 Å². The molecular formula is C21H21ClF3N7O2S. The zero-order valence-electron chi connectivity index (χ0n) is 18.4. The Balaban J connectivity index is 1.60. The molecule has 186 valence electrons. The van der Waals surface area contributed by atoms with E-state index in [9.17, 15) is 18.0 Å². The molecule has 0 aliphatic carbocycles. The van der Waals surface area contributed by atoms with Gasteiger partial charge in [-0.25, -0.2) is 4.98 Å². The molecule has 0 bridgehead atoms. The molecule has 1 saturated heterocycles. The molecule has 0 atom stereocenters. The number of thiophene rings is 1. The molecule has 2 aromatic heterocycles. The van der Waals surface area contributed by atoms with E-state index in [-0.39, 0.29) is 27.4 Å². The lowest BCUT2D eigenvalue weighted by atomic mass is 10.2. The van der Waals surface area contributed by atoms with Gasteiger partial charge in [0, 0.05) is 37.9 Å². The maximum atomic E-state index is 13.2. The van der Waals surface area contributed by atoms with Crippen LogP contribution >= 0.6 is 22.9 Å². The second-order valence-corrected chi connectivity index (χ2v) is 9.01. The van der Waals surface area contributed by atoms with Gasteiger partial charge in [-0.15, -0.1) is 24.5 Å². The maximum Gasteiger partial charge on any atom is 0.573 e. The van der Waals surface area contributed by atoms with E-state index in [1.54, 1.807) is 17.5 Å². The van der Waals surface area contributed by atoms with Gasteiger partial charge >= 0.3 is 6.36 Å². The number of carbonyl (C=O) groups is 1. The van der Waals surface area contributed by atoms with Crippen molar-refractivity contribution < 1.29 is 22.7 Å². The summed E-state index contributed by atoms with van der Waals surface area (Å²) in [6.07, 6.45) is -3.62. The number of ether oxygens (including phenoxy) is 1. The second kappa shape index (κ2) is 10.1. The first kappa shape index (κ1) is 24.8. The molecule has 14 heteroatoms.